The molecule has 1 aromatic rings. The molecule has 1 heterocycles. The molecule has 0 saturated carbocycles. The summed E-state index contributed by atoms with van der Waals surface area (Å²) in [5.41, 5.74) is 0.750. The van der Waals surface area contributed by atoms with Gasteiger partial charge in [0.05, 0.1) is 15.6 Å². The Bertz CT molecular complexity index is 748. The lowest BCUT2D eigenvalue weighted by Gasteiger charge is -2.12. The first-order valence-electron chi connectivity index (χ1n) is 6.74. The van der Waals surface area contributed by atoms with E-state index in [1.165, 1.54) is 23.8 Å². The van der Waals surface area contributed by atoms with Gasteiger partial charge in [-0.25, -0.2) is 4.79 Å². The molecular formula is C15H15IN2O5S. The summed E-state index contributed by atoms with van der Waals surface area (Å²) in [5.74, 6) is -0.425. The fourth-order valence-corrected chi connectivity index (χ4v) is 3.71. The van der Waals surface area contributed by atoms with Crippen LogP contribution in [0.2, 0.25) is 0 Å². The number of carbonyl (C=O) groups excluding carboxylic acids is 1. The third kappa shape index (κ3) is 4.01. The summed E-state index contributed by atoms with van der Waals surface area (Å²) in [7, 11) is 4.78. The molecule has 1 aliphatic rings. The molecule has 1 aromatic carbocycles. The number of amidine groups is 1. The van der Waals surface area contributed by atoms with Crippen molar-refractivity contribution >= 4 is 57.5 Å². The molecule has 0 unspecified atom stereocenters. The van der Waals surface area contributed by atoms with E-state index < -0.39 is 12.6 Å². The number of benzene rings is 1. The van der Waals surface area contributed by atoms with Gasteiger partial charge in [-0.1, -0.05) is 0 Å². The van der Waals surface area contributed by atoms with Crippen molar-refractivity contribution in [1.29, 1.82) is 0 Å². The zero-order valence-electron chi connectivity index (χ0n) is 13.2. The van der Waals surface area contributed by atoms with Crippen molar-refractivity contribution in [1.82, 2.24) is 4.90 Å². The average Bonchev–Trinajstić information content (AvgIpc) is 2.81. The molecule has 24 heavy (non-hydrogen) atoms. The van der Waals surface area contributed by atoms with Gasteiger partial charge in [0, 0.05) is 14.1 Å². The van der Waals surface area contributed by atoms with Gasteiger partial charge in [-0.15, -0.1) is 0 Å². The maximum absolute atomic E-state index is 12.2. The second-order valence-electron chi connectivity index (χ2n) is 4.70. The Kier molecular flexibility index (Phi) is 6.10. The molecule has 0 spiro atoms. The molecular weight excluding hydrogens is 447 g/mol. The van der Waals surface area contributed by atoms with Crippen molar-refractivity contribution in [2.75, 3.05) is 27.8 Å². The first-order valence-corrected chi connectivity index (χ1v) is 8.63. The highest BCUT2D eigenvalue weighted by molar-refractivity contribution is 14.1. The van der Waals surface area contributed by atoms with Crippen LogP contribution in [0.25, 0.3) is 6.08 Å². The number of aliphatic carboxylic acids is 1. The van der Waals surface area contributed by atoms with Gasteiger partial charge >= 0.3 is 5.97 Å². The highest BCUT2D eigenvalue weighted by atomic mass is 127. The van der Waals surface area contributed by atoms with E-state index in [0.29, 0.717) is 25.1 Å². The molecule has 9 heteroatoms. The van der Waals surface area contributed by atoms with Crippen molar-refractivity contribution < 1.29 is 24.2 Å². The second-order valence-corrected chi connectivity index (χ2v) is 6.87. The van der Waals surface area contributed by atoms with Gasteiger partial charge in [-0.2, -0.15) is 0 Å². The predicted octanol–water partition coefficient (Wildman–Crippen LogP) is 2.30. The second kappa shape index (κ2) is 7.88. The van der Waals surface area contributed by atoms with Gasteiger partial charge in [-0.05, 0) is 58.1 Å². The smallest absolute Gasteiger partial charge is 0.341 e. The maximum atomic E-state index is 12.2. The molecule has 2 rings (SSSR count). The number of carboxylic acids is 1. The van der Waals surface area contributed by atoms with Crippen LogP contribution in [0.15, 0.2) is 22.0 Å². The number of thioether (sulfide) groups is 1. The van der Waals surface area contributed by atoms with Crippen molar-refractivity contribution in [3.05, 3.63) is 26.2 Å². The van der Waals surface area contributed by atoms with E-state index in [4.69, 9.17) is 14.6 Å². The average molecular weight is 462 g/mol. The van der Waals surface area contributed by atoms with E-state index in [-0.39, 0.29) is 5.91 Å². The third-order valence-corrected chi connectivity index (χ3v) is 5.04. The Morgan fingerprint density at radius 3 is 2.75 bits per heavy atom. The monoisotopic (exact) mass is 462 g/mol. The van der Waals surface area contributed by atoms with Gasteiger partial charge in [0.15, 0.2) is 23.3 Å². The van der Waals surface area contributed by atoms with Crippen LogP contribution in [0.3, 0.4) is 0 Å². The van der Waals surface area contributed by atoms with E-state index in [9.17, 15) is 9.59 Å². The van der Waals surface area contributed by atoms with Crippen LogP contribution >= 0.6 is 34.4 Å². The summed E-state index contributed by atoms with van der Waals surface area (Å²) >= 11 is 3.33. The molecule has 1 aliphatic heterocycles. The minimum Gasteiger partial charge on any atom is -0.493 e. The molecule has 7 nitrogen and oxygen atoms in total. The quantitative estimate of drug-likeness (QED) is 0.534. The van der Waals surface area contributed by atoms with Crippen molar-refractivity contribution in [2.24, 2.45) is 4.99 Å². The molecule has 0 radical (unpaired) electrons. The standard InChI is InChI=1S/C15H15IN2O5S/c1-17-15-18(2)14(21)11(24-15)6-8-4-9(16)13(10(5-8)22-3)23-7-12(19)20/h4-6H,7H2,1-3H3,(H,19,20)/b11-6+,17-15?. The number of rotatable bonds is 5. The Morgan fingerprint density at radius 1 is 1.50 bits per heavy atom. The van der Waals surface area contributed by atoms with E-state index in [1.807, 2.05) is 22.6 Å². The highest BCUT2D eigenvalue weighted by Gasteiger charge is 2.29. The Balaban J connectivity index is 2.36. The van der Waals surface area contributed by atoms with Crippen LogP contribution in [-0.4, -0.2) is 54.9 Å². The molecule has 1 saturated heterocycles. The van der Waals surface area contributed by atoms with Crippen LogP contribution in [-0.2, 0) is 9.59 Å². The largest absolute Gasteiger partial charge is 0.493 e. The number of nitrogens with zero attached hydrogens (tertiary/aromatic N) is 2. The first kappa shape index (κ1) is 18.6. The summed E-state index contributed by atoms with van der Waals surface area (Å²) in [6.07, 6.45) is 1.74. The number of hydrogen-bond acceptors (Lipinski definition) is 6. The number of halogens is 1. The lowest BCUT2D eigenvalue weighted by atomic mass is 10.2. The molecule has 0 atom stereocenters. The van der Waals surface area contributed by atoms with Crippen LogP contribution < -0.4 is 9.47 Å². The normalized spacial score (nSPS) is 17.7. The highest BCUT2D eigenvalue weighted by Crippen LogP contribution is 2.36. The summed E-state index contributed by atoms with van der Waals surface area (Å²) in [6.45, 7) is -0.456. The first-order chi connectivity index (χ1) is 11.4. The molecule has 0 aliphatic carbocycles. The number of carbonyl (C=O) groups is 2. The molecule has 1 amide bonds. The van der Waals surface area contributed by atoms with Crippen LogP contribution in [0.5, 0.6) is 11.5 Å². The van der Waals surface area contributed by atoms with E-state index in [1.54, 1.807) is 32.3 Å². The maximum Gasteiger partial charge on any atom is 0.341 e. The zero-order valence-corrected chi connectivity index (χ0v) is 16.2. The number of likely N-dealkylation sites (N-methyl/N-ethyl adjacent to an activating group) is 1. The number of hydrogen-bond donors (Lipinski definition) is 1. The number of aliphatic imine (C=N–C) groups is 1. The van der Waals surface area contributed by atoms with Crippen molar-refractivity contribution in [3.63, 3.8) is 0 Å². The number of ether oxygens (including phenoxy) is 2. The number of amides is 1. The lowest BCUT2D eigenvalue weighted by Crippen LogP contribution is -2.23. The zero-order chi connectivity index (χ0) is 17.9. The van der Waals surface area contributed by atoms with E-state index in [0.717, 1.165) is 5.56 Å². The SMILES string of the molecule is CN=C1S/C(=C/c2cc(I)c(OCC(=O)O)c(OC)c2)C(=O)N1C. The number of methoxy groups -OCH3 is 1. The van der Waals surface area contributed by atoms with Crippen LogP contribution in [0.4, 0.5) is 0 Å². The van der Waals surface area contributed by atoms with Crippen LogP contribution in [0, 0.1) is 3.57 Å². The van der Waals surface area contributed by atoms with E-state index >= 15 is 0 Å². The van der Waals surface area contributed by atoms with Crippen molar-refractivity contribution in [2.45, 2.75) is 0 Å². The molecule has 1 N–H and O–H groups in total. The topological polar surface area (TPSA) is 88.4 Å². The fraction of sp³-hybridized carbons (Fsp3) is 0.267. The van der Waals surface area contributed by atoms with Gasteiger partial charge in [0.25, 0.3) is 5.91 Å². The fourth-order valence-electron chi connectivity index (χ4n) is 2.00. The molecule has 128 valence electrons. The molecule has 1 fully saturated rings. The predicted molar refractivity (Wildman–Crippen MR) is 101 cm³/mol. The third-order valence-electron chi connectivity index (χ3n) is 3.08. The summed E-state index contributed by atoms with van der Waals surface area (Å²) in [5, 5.41) is 9.38. The Morgan fingerprint density at radius 2 is 2.21 bits per heavy atom. The molecule has 0 bridgehead atoms. The van der Waals surface area contributed by atoms with Crippen LogP contribution in [0.1, 0.15) is 5.56 Å². The summed E-state index contributed by atoms with van der Waals surface area (Å²) in [4.78, 5) is 29.0. The van der Waals surface area contributed by atoms with Gasteiger partial charge in [-0.3, -0.25) is 14.7 Å². The minimum atomic E-state index is -1.07. The van der Waals surface area contributed by atoms with E-state index in [2.05, 4.69) is 4.99 Å². The summed E-state index contributed by atoms with van der Waals surface area (Å²) in [6, 6.07) is 3.49. The number of carboxylic acid groups (broad SMARTS) is 1. The Labute approximate surface area is 156 Å². The minimum absolute atomic E-state index is 0.124. The van der Waals surface area contributed by atoms with Gasteiger partial charge in [0.1, 0.15) is 0 Å². The summed E-state index contributed by atoms with van der Waals surface area (Å²) < 4.78 is 11.2. The van der Waals surface area contributed by atoms with Gasteiger partial charge < -0.3 is 14.6 Å². The molecule has 0 aromatic heterocycles. The lowest BCUT2D eigenvalue weighted by molar-refractivity contribution is -0.139. The van der Waals surface area contributed by atoms with Gasteiger partial charge in [0.2, 0.25) is 0 Å². The van der Waals surface area contributed by atoms with Crippen molar-refractivity contribution in [3.8, 4) is 11.5 Å². The Hall–Kier alpha value is -1.75.